The van der Waals surface area contributed by atoms with Gasteiger partial charge < -0.3 is 10.1 Å². The Morgan fingerprint density at radius 1 is 1.32 bits per heavy atom. The Morgan fingerprint density at radius 2 is 2.07 bits per heavy atom. The number of anilines is 2. The molecule has 0 bridgehead atoms. The minimum Gasteiger partial charge on any atom is -0.478 e. The number of nitrogens with one attached hydrogen (secondary N) is 1. The number of ether oxygens (including phenoxy) is 1. The van der Waals surface area contributed by atoms with Crippen LogP contribution in [0.2, 0.25) is 5.02 Å². The molecule has 0 unspecified atom stereocenters. The minimum absolute atomic E-state index is 0.0131. The second kappa shape index (κ2) is 7.64. The number of nitro benzene ring substituents is 1. The van der Waals surface area contributed by atoms with Gasteiger partial charge in [-0.2, -0.15) is 0 Å². The third-order valence-corrected chi connectivity index (χ3v) is 5.49. The van der Waals surface area contributed by atoms with Crippen molar-refractivity contribution < 1.29 is 22.9 Å². The summed E-state index contributed by atoms with van der Waals surface area (Å²) in [5, 5.41) is 13.8. The molecule has 1 heterocycles. The van der Waals surface area contributed by atoms with Gasteiger partial charge in [-0.3, -0.25) is 19.2 Å². The normalized spacial score (nSPS) is 16.5. The fourth-order valence-corrected chi connectivity index (χ4v) is 3.90. The molecule has 0 fully saturated rings. The second-order valence-electron chi connectivity index (χ2n) is 6.14. The van der Waals surface area contributed by atoms with Crippen molar-refractivity contribution in [2.75, 3.05) is 22.4 Å². The average Bonchev–Trinajstić information content (AvgIpc) is 2.81. The number of nitro groups is 1. The summed E-state index contributed by atoms with van der Waals surface area (Å²) in [6, 6.07) is 9.98. The monoisotopic (exact) mass is 425 g/mol. The third kappa shape index (κ3) is 4.34. The Kier molecular flexibility index (Phi) is 5.43. The van der Waals surface area contributed by atoms with Crippen LogP contribution in [0.4, 0.5) is 17.1 Å². The van der Waals surface area contributed by atoms with E-state index in [1.165, 1.54) is 42.5 Å². The van der Waals surface area contributed by atoms with Crippen LogP contribution in [0.15, 0.2) is 42.5 Å². The number of carbonyl (C=O) groups is 1. The van der Waals surface area contributed by atoms with E-state index in [-0.39, 0.29) is 35.8 Å². The van der Waals surface area contributed by atoms with E-state index >= 15 is 0 Å². The number of hydrogen-bond donors (Lipinski definition) is 1. The molecule has 2 aromatic rings. The first-order valence-electron chi connectivity index (χ1n) is 8.14. The van der Waals surface area contributed by atoms with Crippen LogP contribution in [0, 0.1) is 10.1 Å². The van der Waals surface area contributed by atoms with Gasteiger partial charge >= 0.3 is 0 Å². The standard InChI is InChI=1S/C17H16ClN3O6S/c1-28(25,26)20-8-7-16(27-15-6-5-11(18)9-14(15)20)17(22)19-12-3-2-4-13(10-12)21(23)24/h2-6,9-10,16H,7-8H2,1H3,(H,19,22)/t16-/m0/s1. The molecular weight excluding hydrogens is 410 g/mol. The van der Waals surface area contributed by atoms with E-state index in [9.17, 15) is 23.3 Å². The van der Waals surface area contributed by atoms with Gasteiger partial charge in [0.15, 0.2) is 6.10 Å². The molecule has 0 radical (unpaired) electrons. The Labute approximate surface area is 166 Å². The molecule has 0 spiro atoms. The van der Waals surface area contributed by atoms with Gasteiger partial charge in [-0.05, 0) is 24.3 Å². The molecule has 1 amide bonds. The number of sulfonamides is 1. The summed E-state index contributed by atoms with van der Waals surface area (Å²) in [5.74, 6) is -0.344. The van der Waals surface area contributed by atoms with Crippen molar-refractivity contribution in [2.45, 2.75) is 12.5 Å². The van der Waals surface area contributed by atoms with Crippen molar-refractivity contribution in [1.82, 2.24) is 0 Å². The fraction of sp³-hybridized carbons (Fsp3) is 0.235. The van der Waals surface area contributed by atoms with Crippen LogP contribution >= 0.6 is 11.6 Å². The zero-order valence-corrected chi connectivity index (χ0v) is 16.2. The lowest BCUT2D eigenvalue weighted by Crippen LogP contribution is -2.35. The molecule has 28 heavy (non-hydrogen) atoms. The predicted octanol–water partition coefficient (Wildman–Crippen LogP) is 2.80. The molecule has 1 N–H and O–H groups in total. The van der Waals surface area contributed by atoms with Crippen LogP contribution in [0.3, 0.4) is 0 Å². The predicted molar refractivity (Wildman–Crippen MR) is 104 cm³/mol. The Hall–Kier alpha value is -2.85. The average molecular weight is 426 g/mol. The molecular formula is C17H16ClN3O6S. The molecule has 0 aliphatic carbocycles. The SMILES string of the molecule is CS(=O)(=O)N1CC[C@@H](C(=O)Nc2cccc([N+](=O)[O-])c2)Oc2ccc(Cl)cc21. The maximum atomic E-state index is 12.6. The lowest BCUT2D eigenvalue weighted by molar-refractivity contribution is -0.384. The first kappa shape index (κ1) is 19.9. The van der Waals surface area contributed by atoms with Crippen LogP contribution in [0.5, 0.6) is 5.75 Å². The van der Waals surface area contributed by atoms with Crippen molar-refractivity contribution >= 4 is 44.6 Å². The summed E-state index contributed by atoms with van der Waals surface area (Å²) in [5.41, 5.74) is 0.326. The Bertz CT molecular complexity index is 1040. The number of nitrogens with zero attached hydrogens (tertiary/aromatic N) is 2. The van der Waals surface area contributed by atoms with Crippen molar-refractivity contribution in [3.05, 3.63) is 57.6 Å². The van der Waals surface area contributed by atoms with Gasteiger partial charge in [-0.1, -0.05) is 17.7 Å². The van der Waals surface area contributed by atoms with E-state index in [1.807, 2.05) is 0 Å². The van der Waals surface area contributed by atoms with E-state index in [4.69, 9.17) is 16.3 Å². The van der Waals surface area contributed by atoms with Gasteiger partial charge in [0.25, 0.3) is 11.6 Å². The molecule has 1 aliphatic rings. The molecule has 1 aliphatic heterocycles. The lowest BCUT2D eigenvalue weighted by atomic mass is 10.2. The van der Waals surface area contributed by atoms with Gasteiger partial charge in [0.05, 0.1) is 16.9 Å². The van der Waals surface area contributed by atoms with Crippen LogP contribution in [-0.4, -0.2) is 38.2 Å². The van der Waals surface area contributed by atoms with Crippen LogP contribution in [0.1, 0.15) is 6.42 Å². The van der Waals surface area contributed by atoms with Crippen molar-refractivity contribution in [3.63, 3.8) is 0 Å². The van der Waals surface area contributed by atoms with E-state index < -0.39 is 27.0 Å². The van der Waals surface area contributed by atoms with Crippen molar-refractivity contribution in [3.8, 4) is 5.75 Å². The maximum Gasteiger partial charge on any atom is 0.271 e. The second-order valence-corrected chi connectivity index (χ2v) is 8.48. The highest BCUT2D eigenvalue weighted by molar-refractivity contribution is 7.92. The zero-order chi connectivity index (χ0) is 20.5. The highest BCUT2D eigenvalue weighted by atomic mass is 35.5. The quantitative estimate of drug-likeness (QED) is 0.594. The lowest BCUT2D eigenvalue weighted by Gasteiger charge is -2.21. The molecule has 3 rings (SSSR count). The molecule has 0 saturated heterocycles. The summed E-state index contributed by atoms with van der Waals surface area (Å²) in [4.78, 5) is 22.9. The fourth-order valence-electron chi connectivity index (χ4n) is 2.80. The first-order chi connectivity index (χ1) is 13.1. The number of fused-ring (bicyclic) bond motifs is 1. The summed E-state index contributed by atoms with van der Waals surface area (Å²) < 4.78 is 31.2. The van der Waals surface area contributed by atoms with E-state index in [0.717, 1.165) is 10.6 Å². The molecule has 0 aromatic heterocycles. The zero-order valence-electron chi connectivity index (χ0n) is 14.7. The van der Waals surface area contributed by atoms with Gasteiger partial charge in [-0.15, -0.1) is 0 Å². The molecule has 11 heteroatoms. The summed E-state index contributed by atoms with van der Waals surface area (Å²) >= 11 is 5.98. The number of non-ortho nitro benzene ring substituents is 1. The van der Waals surface area contributed by atoms with Crippen molar-refractivity contribution in [2.24, 2.45) is 0 Å². The largest absolute Gasteiger partial charge is 0.478 e. The minimum atomic E-state index is -3.61. The van der Waals surface area contributed by atoms with Crippen molar-refractivity contribution in [1.29, 1.82) is 0 Å². The number of rotatable bonds is 4. The number of hydrogen-bond acceptors (Lipinski definition) is 6. The van der Waals surface area contributed by atoms with Crippen LogP contribution in [-0.2, 0) is 14.8 Å². The highest BCUT2D eigenvalue weighted by Crippen LogP contribution is 2.36. The van der Waals surface area contributed by atoms with Crippen LogP contribution in [0.25, 0.3) is 0 Å². The van der Waals surface area contributed by atoms with Gasteiger partial charge in [0, 0.05) is 35.8 Å². The van der Waals surface area contributed by atoms with Gasteiger partial charge in [0.2, 0.25) is 10.0 Å². The van der Waals surface area contributed by atoms with Gasteiger partial charge in [0.1, 0.15) is 5.75 Å². The summed E-state index contributed by atoms with van der Waals surface area (Å²) in [6.45, 7) is 0.0131. The van der Waals surface area contributed by atoms with Crippen LogP contribution < -0.4 is 14.4 Å². The molecule has 148 valence electrons. The van der Waals surface area contributed by atoms with E-state index in [0.29, 0.717) is 5.02 Å². The molecule has 9 nitrogen and oxygen atoms in total. The molecule has 2 aromatic carbocycles. The highest BCUT2D eigenvalue weighted by Gasteiger charge is 2.31. The number of benzene rings is 2. The Balaban J connectivity index is 1.86. The summed E-state index contributed by atoms with van der Waals surface area (Å²) in [7, 11) is -3.61. The van der Waals surface area contributed by atoms with E-state index in [2.05, 4.69) is 5.32 Å². The smallest absolute Gasteiger partial charge is 0.271 e. The molecule has 0 saturated carbocycles. The summed E-state index contributed by atoms with van der Waals surface area (Å²) in [6.07, 6.45) is 0.146. The number of carbonyl (C=O) groups excluding carboxylic acids is 1. The Morgan fingerprint density at radius 3 is 2.75 bits per heavy atom. The van der Waals surface area contributed by atoms with Gasteiger partial charge in [-0.25, -0.2) is 8.42 Å². The number of amides is 1. The topological polar surface area (TPSA) is 119 Å². The first-order valence-corrected chi connectivity index (χ1v) is 10.4. The molecule has 1 atom stereocenters. The van der Waals surface area contributed by atoms with E-state index in [1.54, 1.807) is 0 Å². The third-order valence-electron chi connectivity index (χ3n) is 4.07. The maximum absolute atomic E-state index is 12.6. The number of halogens is 1.